The van der Waals surface area contributed by atoms with Crippen LogP contribution in [0.5, 0.6) is 0 Å². The first kappa shape index (κ1) is 10.5. The molecule has 1 heterocycles. The molecule has 0 aromatic heterocycles. The lowest BCUT2D eigenvalue weighted by molar-refractivity contribution is -0.120. The summed E-state index contributed by atoms with van der Waals surface area (Å²) in [5.74, 6) is 0.0378. The SMILES string of the molecule is CC(=O)N[C@@H]1CCCN(CCO)C1. The van der Waals surface area contributed by atoms with Crippen LogP contribution >= 0.6 is 0 Å². The Bertz CT molecular complexity index is 171. The third-order valence-electron chi connectivity index (χ3n) is 2.33. The van der Waals surface area contributed by atoms with Crippen LogP contribution < -0.4 is 5.32 Å². The van der Waals surface area contributed by atoms with Crippen molar-refractivity contribution >= 4 is 5.91 Å². The third kappa shape index (κ3) is 3.74. The fourth-order valence-electron chi connectivity index (χ4n) is 1.81. The van der Waals surface area contributed by atoms with E-state index >= 15 is 0 Å². The highest BCUT2D eigenvalue weighted by molar-refractivity contribution is 5.73. The quantitative estimate of drug-likeness (QED) is 0.629. The maximum Gasteiger partial charge on any atom is 0.217 e. The number of nitrogens with zero attached hydrogens (tertiary/aromatic N) is 1. The lowest BCUT2D eigenvalue weighted by Gasteiger charge is -2.32. The second kappa shape index (κ2) is 5.19. The van der Waals surface area contributed by atoms with E-state index in [1.807, 2.05) is 0 Å². The zero-order valence-corrected chi connectivity index (χ0v) is 8.12. The van der Waals surface area contributed by atoms with Gasteiger partial charge < -0.3 is 10.4 Å². The van der Waals surface area contributed by atoms with Crippen molar-refractivity contribution in [3.8, 4) is 0 Å². The van der Waals surface area contributed by atoms with E-state index in [0.717, 1.165) is 32.5 Å². The number of carbonyl (C=O) groups excluding carboxylic acids is 1. The predicted octanol–water partition coefficient (Wildman–Crippen LogP) is -0.421. The summed E-state index contributed by atoms with van der Waals surface area (Å²) >= 11 is 0. The Morgan fingerprint density at radius 1 is 1.69 bits per heavy atom. The molecule has 0 aromatic rings. The molecular weight excluding hydrogens is 168 g/mol. The van der Waals surface area contributed by atoms with Crippen molar-refractivity contribution in [1.29, 1.82) is 0 Å². The van der Waals surface area contributed by atoms with Gasteiger partial charge in [-0.3, -0.25) is 9.69 Å². The van der Waals surface area contributed by atoms with Gasteiger partial charge in [0.1, 0.15) is 0 Å². The van der Waals surface area contributed by atoms with Crippen LogP contribution in [-0.2, 0) is 4.79 Å². The van der Waals surface area contributed by atoms with Crippen LogP contribution in [-0.4, -0.2) is 48.2 Å². The van der Waals surface area contributed by atoms with Crippen molar-refractivity contribution in [2.24, 2.45) is 0 Å². The summed E-state index contributed by atoms with van der Waals surface area (Å²) in [6, 6.07) is 0.276. The molecule has 1 aliphatic rings. The molecule has 13 heavy (non-hydrogen) atoms. The molecule has 1 fully saturated rings. The Kier molecular flexibility index (Phi) is 4.18. The lowest BCUT2D eigenvalue weighted by atomic mass is 10.1. The Morgan fingerprint density at radius 3 is 3.08 bits per heavy atom. The van der Waals surface area contributed by atoms with Crippen LogP contribution in [0.25, 0.3) is 0 Å². The van der Waals surface area contributed by atoms with E-state index in [2.05, 4.69) is 10.2 Å². The highest BCUT2D eigenvalue weighted by Gasteiger charge is 2.19. The summed E-state index contributed by atoms with van der Waals surface area (Å²) in [6.45, 7) is 4.38. The first-order chi connectivity index (χ1) is 6.22. The molecule has 0 unspecified atom stereocenters. The molecule has 76 valence electrons. The summed E-state index contributed by atoms with van der Waals surface area (Å²) in [7, 11) is 0. The number of hydrogen-bond donors (Lipinski definition) is 2. The molecular formula is C9H18N2O2. The highest BCUT2D eigenvalue weighted by atomic mass is 16.3. The number of carbonyl (C=O) groups is 1. The lowest BCUT2D eigenvalue weighted by Crippen LogP contribution is -2.47. The van der Waals surface area contributed by atoms with Gasteiger partial charge in [-0.15, -0.1) is 0 Å². The third-order valence-corrected chi connectivity index (χ3v) is 2.33. The molecule has 4 heteroatoms. The number of aliphatic hydroxyl groups is 1. The summed E-state index contributed by atoms with van der Waals surface area (Å²) < 4.78 is 0. The first-order valence-corrected chi connectivity index (χ1v) is 4.82. The predicted molar refractivity (Wildman–Crippen MR) is 50.4 cm³/mol. The molecule has 1 saturated heterocycles. The number of aliphatic hydroxyl groups excluding tert-OH is 1. The van der Waals surface area contributed by atoms with E-state index in [0.29, 0.717) is 0 Å². The fourth-order valence-corrected chi connectivity index (χ4v) is 1.81. The van der Waals surface area contributed by atoms with Crippen molar-refractivity contribution in [2.75, 3.05) is 26.2 Å². The van der Waals surface area contributed by atoms with E-state index in [1.54, 1.807) is 6.92 Å². The van der Waals surface area contributed by atoms with Gasteiger partial charge in [0.25, 0.3) is 0 Å². The monoisotopic (exact) mass is 186 g/mol. The highest BCUT2D eigenvalue weighted by Crippen LogP contribution is 2.09. The maximum atomic E-state index is 10.8. The van der Waals surface area contributed by atoms with Crippen molar-refractivity contribution < 1.29 is 9.90 Å². The maximum absolute atomic E-state index is 10.8. The second-order valence-corrected chi connectivity index (χ2v) is 3.56. The van der Waals surface area contributed by atoms with E-state index in [9.17, 15) is 4.79 Å². The molecule has 2 N–H and O–H groups in total. The van der Waals surface area contributed by atoms with E-state index in [-0.39, 0.29) is 18.6 Å². The fraction of sp³-hybridized carbons (Fsp3) is 0.889. The zero-order valence-electron chi connectivity index (χ0n) is 8.12. The van der Waals surface area contributed by atoms with Crippen LogP contribution in [0.15, 0.2) is 0 Å². The van der Waals surface area contributed by atoms with Gasteiger partial charge >= 0.3 is 0 Å². The topological polar surface area (TPSA) is 52.6 Å². The van der Waals surface area contributed by atoms with Crippen molar-refractivity contribution in [2.45, 2.75) is 25.8 Å². The number of amides is 1. The van der Waals surface area contributed by atoms with Crippen LogP contribution in [0.1, 0.15) is 19.8 Å². The minimum Gasteiger partial charge on any atom is -0.395 e. The Labute approximate surface area is 78.9 Å². The van der Waals surface area contributed by atoms with Crippen LogP contribution in [0.3, 0.4) is 0 Å². The van der Waals surface area contributed by atoms with E-state index in [1.165, 1.54) is 0 Å². The minimum atomic E-state index is 0.0378. The molecule has 0 aliphatic carbocycles. The van der Waals surface area contributed by atoms with Gasteiger partial charge in [-0.2, -0.15) is 0 Å². The number of hydrogen-bond acceptors (Lipinski definition) is 3. The summed E-state index contributed by atoms with van der Waals surface area (Å²) in [5, 5.41) is 11.7. The summed E-state index contributed by atoms with van der Waals surface area (Å²) in [6.07, 6.45) is 2.16. The molecule has 0 saturated carbocycles. The smallest absolute Gasteiger partial charge is 0.217 e. The molecule has 1 amide bonds. The number of rotatable bonds is 3. The second-order valence-electron chi connectivity index (χ2n) is 3.56. The van der Waals surface area contributed by atoms with Gasteiger partial charge in [0.2, 0.25) is 5.91 Å². The van der Waals surface area contributed by atoms with Gasteiger partial charge in [0.05, 0.1) is 6.61 Å². The Morgan fingerprint density at radius 2 is 2.46 bits per heavy atom. The van der Waals surface area contributed by atoms with Crippen LogP contribution in [0, 0.1) is 0 Å². The molecule has 4 nitrogen and oxygen atoms in total. The van der Waals surface area contributed by atoms with Gasteiger partial charge in [0, 0.05) is 26.1 Å². The van der Waals surface area contributed by atoms with Crippen molar-refractivity contribution in [1.82, 2.24) is 10.2 Å². The zero-order chi connectivity index (χ0) is 9.68. The van der Waals surface area contributed by atoms with Gasteiger partial charge in [0.15, 0.2) is 0 Å². The molecule has 1 aliphatic heterocycles. The molecule has 0 bridgehead atoms. The van der Waals surface area contributed by atoms with Crippen molar-refractivity contribution in [3.05, 3.63) is 0 Å². The first-order valence-electron chi connectivity index (χ1n) is 4.82. The Hall–Kier alpha value is -0.610. The standard InChI is InChI=1S/C9H18N2O2/c1-8(13)10-9-3-2-4-11(7-9)5-6-12/h9,12H,2-7H2,1H3,(H,10,13)/t9-/m1/s1. The van der Waals surface area contributed by atoms with Gasteiger partial charge in [-0.25, -0.2) is 0 Å². The number of β-amino-alcohol motifs (C(OH)–C–C–N with tert-alkyl or cyclic N) is 1. The average molecular weight is 186 g/mol. The summed E-state index contributed by atoms with van der Waals surface area (Å²) in [5.41, 5.74) is 0. The molecule has 0 aromatic carbocycles. The van der Waals surface area contributed by atoms with Gasteiger partial charge in [-0.1, -0.05) is 0 Å². The molecule has 1 atom stereocenters. The largest absolute Gasteiger partial charge is 0.395 e. The van der Waals surface area contributed by atoms with Crippen molar-refractivity contribution in [3.63, 3.8) is 0 Å². The Balaban J connectivity index is 2.28. The molecule has 0 spiro atoms. The van der Waals surface area contributed by atoms with Gasteiger partial charge in [-0.05, 0) is 19.4 Å². The average Bonchev–Trinajstić information content (AvgIpc) is 2.04. The van der Waals surface area contributed by atoms with Crippen LogP contribution in [0.2, 0.25) is 0 Å². The number of likely N-dealkylation sites (tertiary alicyclic amines) is 1. The normalized spacial score (nSPS) is 24.3. The van der Waals surface area contributed by atoms with E-state index in [4.69, 9.17) is 5.11 Å². The molecule has 1 rings (SSSR count). The number of piperidine rings is 1. The number of nitrogens with one attached hydrogen (secondary N) is 1. The van der Waals surface area contributed by atoms with Crippen LogP contribution in [0.4, 0.5) is 0 Å². The summed E-state index contributed by atoms with van der Waals surface area (Å²) in [4.78, 5) is 13.0. The minimum absolute atomic E-state index is 0.0378. The molecule has 0 radical (unpaired) electrons. The van der Waals surface area contributed by atoms with E-state index < -0.39 is 0 Å².